The lowest BCUT2D eigenvalue weighted by atomic mass is 10.3. The van der Waals surface area contributed by atoms with Crippen molar-refractivity contribution in [2.45, 2.75) is 25.3 Å². The molecular weight excluding hydrogens is 206 g/mol. The van der Waals surface area contributed by atoms with E-state index in [4.69, 9.17) is 0 Å². The van der Waals surface area contributed by atoms with Gasteiger partial charge < -0.3 is 15.1 Å². The molecule has 16 heavy (non-hydrogen) atoms. The number of hydrogen-bond acceptors (Lipinski definition) is 3. The average molecular weight is 225 g/mol. The first kappa shape index (κ1) is 11.4. The van der Waals surface area contributed by atoms with Crippen LogP contribution in [0.3, 0.4) is 0 Å². The van der Waals surface area contributed by atoms with E-state index >= 15 is 0 Å². The summed E-state index contributed by atoms with van der Waals surface area (Å²) in [6.07, 6.45) is 3.50. The Morgan fingerprint density at radius 3 is 2.69 bits per heavy atom. The Morgan fingerprint density at radius 1 is 1.25 bits per heavy atom. The Labute approximate surface area is 95.8 Å². The molecule has 0 bridgehead atoms. The summed E-state index contributed by atoms with van der Waals surface area (Å²) in [6, 6.07) is 0.713. The van der Waals surface area contributed by atoms with Gasteiger partial charge in [-0.2, -0.15) is 0 Å². The summed E-state index contributed by atoms with van der Waals surface area (Å²) >= 11 is 0. The second-order valence-corrected chi connectivity index (χ2v) is 4.60. The molecule has 2 rings (SSSR count). The van der Waals surface area contributed by atoms with Crippen molar-refractivity contribution in [3.05, 3.63) is 0 Å². The zero-order valence-electron chi connectivity index (χ0n) is 9.74. The number of likely N-dealkylation sites (N-methyl/N-ethyl adjacent to an activating group) is 1. The highest BCUT2D eigenvalue weighted by molar-refractivity contribution is 6.35. The minimum absolute atomic E-state index is 0.347. The second kappa shape index (κ2) is 4.82. The molecule has 2 fully saturated rings. The van der Waals surface area contributed by atoms with E-state index in [1.807, 2.05) is 0 Å². The fraction of sp³-hybridized carbons (Fsp3) is 0.818. The van der Waals surface area contributed by atoms with Gasteiger partial charge in [-0.05, 0) is 25.8 Å². The largest absolute Gasteiger partial charge is 0.336 e. The number of piperazine rings is 1. The van der Waals surface area contributed by atoms with Crippen LogP contribution in [0.1, 0.15) is 19.3 Å². The molecule has 0 aromatic rings. The lowest BCUT2D eigenvalue weighted by molar-refractivity contribution is -0.154. The van der Waals surface area contributed by atoms with Gasteiger partial charge in [0.05, 0.1) is 0 Å². The molecule has 90 valence electrons. The molecule has 0 aromatic heterocycles. The highest BCUT2D eigenvalue weighted by atomic mass is 16.2. The highest BCUT2D eigenvalue weighted by Crippen LogP contribution is 2.18. The normalized spacial score (nSPS) is 21.8. The number of carbonyl (C=O) groups excluding carboxylic acids is 2. The molecule has 0 aromatic carbocycles. The van der Waals surface area contributed by atoms with E-state index < -0.39 is 0 Å². The van der Waals surface area contributed by atoms with Gasteiger partial charge >= 0.3 is 11.8 Å². The predicted octanol–water partition coefficient (Wildman–Crippen LogP) is -0.571. The van der Waals surface area contributed by atoms with E-state index in [2.05, 4.69) is 5.32 Å². The number of hydrogen-bond donors (Lipinski definition) is 1. The Morgan fingerprint density at radius 2 is 2.00 bits per heavy atom. The van der Waals surface area contributed by atoms with Crippen molar-refractivity contribution < 1.29 is 9.59 Å². The summed E-state index contributed by atoms with van der Waals surface area (Å²) < 4.78 is 0. The molecule has 1 N–H and O–H groups in total. The maximum absolute atomic E-state index is 11.6. The van der Waals surface area contributed by atoms with Gasteiger partial charge in [-0.3, -0.25) is 9.59 Å². The minimum atomic E-state index is -0.374. The molecule has 0 atom stereocenters. The zero-order valence-corrected chi connectivity index (χ0v) is 9.74. The van der Waals surface area contributed by atoms with E-state index in [1.54, 1.807) is 11.9 Å². The fourth-order valence-corrected chi connectivity index (χ4v) is 1.85. The van der Waals surface area contributed by atoms with E-state index in [0.29, 0.717) is 25.7 Å². The molecule has 5 nitrogen and oxygen atoms in total. The van der Waals surface area contributed by atoms with Crippen molar-refractivity contribution in [2.24, 2.45) is 0 Å². The van der Waals surface area contributed by atoms with Crippen LogP contribution in [-0.2, 0) is 9.59 Å². The Hall–Kier alpha value is -1.10. The van der Waals surface area contributed by atoms with E-state index in [9.17, 15) is 9.59 Å². The first-order valence-electron chi connectivity index (χ1n) is 5.96. The van der Waals surface area contributed by atoms with Crippen molar-refractivity contribution in [3.63, 3.8) is 0 Å². The first-order valence-corrected chi connectivity index (χ1v) is 5.96. The smallest absolute Gasteiger partial charge is 0.312 e. The number of nitrogens with zero attached hydrogens (tertiary/aromatic N) is 2. The van der Waals surface area contributed by atoms with Crippen molar-refractivity contribution in [1.82, 2.24) is 15.1 Å². The average Bonchev–Trinajstić information content (AvgIpc) is 3.08. The molecule has 0 spiro atoms. The molecule has 1 heterocycles. The third-order valence-corrected chi connectivity index (χ3v) is 3.14. The second-order valence-electron chi connectivity index (χ2n) is 4.60. The summed E-state index contributed by atoms with van der Waals surface area (Å²) in [4.78, 5) is 26.1. The van der Waals surface area contributed by atoms with Crippen molar-refractivity contribution in [1.29, 1.82) is 0 Å². The maximum Gasteiger partial charge on any atom is 0.312 e. The van der Waals surface area contributed by atoms with Crippen LogP contribution in [0.4, 0.5) is 0 Å². The van der Waals surface area contributed by atoms with Crippen LogP contribution < -0.4 is 5.32 Å². The summed E-state index contributed by atoms with van der Waals surface area (Å²) in [5.74, 6) is -0.721. The standard InChI is InChI=1S/C11H19N3O2/c1-13-7-8-14(11(16)10(13)15)6-2-5-12-9-3-4-9/h9,12H,2-8H2,1H3. The predicted molar refractivity (Wildman–Crippen MR) is 59.9 cm³/mol. The Balaban J connectivity index is 1.67. The molecule has 5 heteroatoms. The lowest BCUT2D eigenvalue weighted by Gasteiger charge is -2.31. The molecular formula is C11H19N3O2. The van der Waals surface area contributed by atoms with Gasteiger partial charge in [-0.25, -0.2) is 0 Å². The fourth-order valence-electron chi connectivity index (χ4n) is 1.85. The summed E-state index contributed by atoms with van der Waals surface area (Å²) in [5.41, 5.74) is 0. The monoisotopic (exact) mass is 225 g/mol. The van der Waals surface area contributed by atoms with Gasteiger partial charge in [0.1, 0.15) is 0 Å². The number of carbonyl (C=O) groups is 2. The van der Waals surface area contributed by atoms with Crippen LogP contribution >= 0.6 is 0 Å². The topological polar surface area (TPSA) is 52.6 Å². The quantitative estimate of drug-likeness (QED) is 0.503. The molecule has 0 unspecified atom stereocenters. The maximum atomic E-state index is 11.6. The Bertz CT molecular complexity index is 289. The van der Waals surface area contributed by atoms with Crippen LogP contribution in [0.2, 0.25) is 0 Å². The minimum Gasteiger partial charge on any atom is -0.336 e. The third kappa shape index (κ3) is 2.72. The molecule has 2 aliphatic rings. The molecule has 1 aliphatic carbocycles. The highest BCUT2D eigenvalue weighted by Gasteiger charge is 2.29. The van der Waals surface area contributed by atoms with E-state index in [0.717, 1.165) is 13.0 Å². The number of amides is 2. The van der Waals surface area contributed by atoms with Gasteiger partial charge in [0, 0.05) is 32.7 Å². The van der Waals surface area contributed by atoms with Crippen molar-refractivity contribution in [2.75, 3.05) is 33.2 Å². The van der Waals surface area contributed by atoms with Crippen molar-refractivity contribution >= 4 is 11.8 Å². The summed E-state index contributed by atoms with van der Waals surface area (Å²) in [6.45, 7) is 2.96. The summed E-state index contributed by atoms with van der Waals surface area (Å²) in [7, 11) is 1.67. The number of nitrogens with one attached hydrogen (secondary N) is 1. The van der Waals surface area contributed by atoms with E-state index in [1.165, 1.54) is 17.7 Å². The van der Waals surface area contributed by atoms with Crippen LogP contribution in [0.5, 0.6) is 0 Å². The van der Waals surface area contributed by atoms with Crippen molar-refractivity contribution in [3.8, 4) is 0 Å². The number of rotatable bonds is 5. The molecule has 1 aliphatic heterocycles. The van der Waals surface area contributed by atoms with Crippen LogP contribution in [0, 0.1) is 0 Å². The lowest BCUT2D eigenvalue weighted by Crippen LogP contribution is -2.53. The van der Waals surface area contributed by atoms with Gasteiger partial charge in [-0.1, -0.05) is 0 Å². The van der Waals surface area contributed by atoms with Gasteiger partial charge in [0.15, 0.2) is 0 Å². The molecule has 1 saturated heterocycles. The van der Waals surface area contributed by atoms with Crippen LogP contribution in [0.15, 0.2) is 0 Å². The van der Waals surface area contributed by atoms with Gasteiger partial charge in [0.2, 0.25) is 0 Å². The van der Waals surface area contributed by atoms with Crippen LogP contribution in [0.25, 0.3) is 0 Å². The third-order valence-electron chi connectivity index (χ3n) is 3.14. The zero-order chi connectivity index (χ0) is 11.5. The molecule has 2 amide bonds. The Kier molecular flexibility index (Phi) is 3.43. The first-order chi connectivity index (χ1) is 7.68. The molecule has 0 radical (unpaired) electrons. The van der Waals surface area contributed by atoms with Gasteiger partial charge in [-0.15, -0.1) is 0 Å². The van der Waals surface area contributed by atoms with E-state index in [-0.39, 0.29) is 11.8 Å². The summed E-state index contributed by atoms with van der Waals surface area (Å²) in [5, 5.41) is 3.40. The van der Waals surface area contributed by atoms with Crippen LogP contribution in [-0.4, -0.2) is 60.9 Å². The van der Waals surface area contributed by atoms with Gasteiger partial charge in [0.25, 0.3) is 0 Å². The molecule has 1 saturated carbocycles. The SMILES string of the molecule is CN1CCN(CCCNC2CC2)C(=O)C1=O.